The maximum atomic E-state index is 5.84. The first-order valence-electron chi connectivity index (χ1n) is 6.11. The summed E-state index contributed by atoms with van der Waals surface area (Å²) in [6.07, 6.45) is 2.26. The zero-order valence-corrected chi connectivity index (χ0v) is 11.2. The van der Waals surface area contributed by atoms with Gasteiger partial charge in [0.1, 0.15) is 0 Å². The molecule has 0 aliphatic rings. The molecule has 16 heavy (non-hydrogen) atoms. The minimum Gasteiger partial charge on any atom is -0.313 e. The minimum atomic E-state index is 0.632. The van der Waals surface area contributed by atoms with Crippen LogP contribution >= 0.6 is 11.6 Å². The van der Waals surface area contributed by atoms with Gasteiger partial charge in [-0.1, -0.05) is 44.5 Å². The molecule has 0 bridgehead atoms. The molecule has 0 saturated heterocycles. The second kappa shape index (κ2) is 6.93. The van der Waals surface area contributed by atoms with E-state index in [1.165, 1.54) is 12.0 Å². The van der Waals surface area contributed by atoms with Gasteiger partial charge in [-0.05, 0) is 43.0 Å². The molecule has 0 saturated carbocycles. The Bertz CT molecular complexity index is 292. The molecule has 0 amide bonds. The van der Waals surface area contributed by atoms with Crippen LogP contribution in [-0.2, 0) is 6.42 Å². The van der Waals surface area contributed by atoms with E-state index in [1.54, 1.807) is 0 Å². The number of rotatable bonds is 6. The van der Waals surface area contributed by atoms with Gasteiger partial charge in [0, 0.05) is 11.1 Å². The van der Waals surface area contributed by atoms with Crippen molar-refractivity contribution < 1.29 is 0 Å². The first-order valence-corrected chi connectivity index (χ1v) is 6.49. The van der Waals surface area contributed by atoms with Crippen LogP contribution in [0.25, 0.3) is 0 Å². The maximum Gasteiger partial charge on any atom is 0.0406 e. The lowest BCUT2D eigenvalue weighted by Gasteiger charge is -2.20. The minimum absolute atomic E-state index is 0.632. The van der Waals surface area contributed by atoms with Gasteiger partial charge in [-0.2, -0.15) is 0 Å². The maximum absolute atomic E-state index is 5.84. The highest BCUT2D eigenvalue weighted by Crippen LogP contribution is 2.10. The van der Waals surface area contributed by atoms with Crippen molar-refractivity contribution in [1.29, 1.82) is 0 Å². The van der Waals surface area contributed by atoms with E-state index in [0.717, 1.165) is 18.0 Å². The smallest absolute Gasteiger partial charge is 0.0406 e. The van der Waals surface area contributed by atoms with Crippen molar-refractivity contribution in [3.8, 4) is 0 Å². The molecular formula is C14H22ClN. The Morgan fingerprint density at radius 1 is 1.19 bits per heavy atom. The van der Waals surface area contributed by atoms with Gasteiger partial charge in [0.05, 0.1) is 0 Å². The van der Waals surface area contributed by atoms with Gasteiger partial charge in [0.25, 0.3) is 0 Å². The standard InChI is InChI=1S/C14H22ClN/c1-4-14(11(2)3)16-10-9-12-5-7-13(15)8-6-12/h5-8,11,14,16H,4,9-10H2,1-3H3. The molecule has 0 aromatic heterocycles. The molecule has 2 heteroatoms. The third-order valence-corrected chi connectivity index (χ3v) is 3.23. The Kier molecular flexibility index (Phi) is 5.86. The highest BCUT2D eigenvalue weighted by Gasteiger charge is 2.08. The molecule has 0 aliphatic carbocycles. The summed E-state index contributed by atoms with van der Waals surface area (Å²) in [7, 11) is 0. The van der Waals surface area contributed by atoms with E-state index >= 15 is 0 Å². The van der Waals surface area contributed by atoms with Crippen molar-refractivity contribution in [2.75, 3.05) is 6.54 Å². The van der Waals surface area contributed by atoms with Crippen LogP contribution in [0.1, 0.15) is 32.8 Å². The molecule has 1 aromatic carbocycles. The fourth-order valence-electron chi connectivity index (χ4n) is 1.90. The summed E-state index contributed by atoms with van der Waals surface area (Å²) >= 11 is 5.84. The van der Waals surface area contributed by atoms with Crippen molar-refractivity contribution in [2.45, 2.75) is 39.7 Å². The van der Waals surface area contributed by atoms with Crippen LogP contribution in [0.5, 0.6) is 0 Å². The molecule has 1 rings (SSSR count). The number of hydrogen-bond acceptors (Lipinski definition) is 1. The lowest BCUT2D eigenvalue weighted by Crippen LogP contribution is -2.34. The van der Waals surface area contributed by atoms with Crippen molar-refractivity contribution in [1.82, 2.24) is 5.32 Å². The van der Waals surface area contributed by atoms with E-state index in [1.807, 2.05) is 12.1 Å². The molecular weight excluding hydrogens is 218 g/mol. The molecule has 0 radical (unpaired) electrons. The van der Waals surface area contributed by atoms with E-state index in [0.29, 0.717) is 12.0 Å². The average molecular weight is 240 g/mol. The van der Waals surface area contributed by atoms with Crippen LogP contribution in [0.2, 0.25) is 5.02 Å². The number of benzene rings is 1. The second-order valence-electron chi connectivity index (χ2n) is 4.59. The first-order chi connectivity index (χ1) is 7.63. The molecule has 1 nitrogen and oxygen atoms in total. The van der Waals surface area contributed by atoms with Crippen LogP contribution in [0.15, 0.2) is 24.3 Å². The molecule has 90 valence electrons. The molecule has 1 N–H and O–H groups in total. The summed E-state index contributed by atoms with van der Waals surface area (Å²) in [6.45, 7) is 7.81. The molecule has 0 heterocycles. The Labute approximate surface area is 104 Å². The predicted molar refractivity (Wildman–Crippen MR) is 72.1 cm³/mol. The highest BCUT2D eigenvalue weighted by atomic mass is 35.5. The van der Waals surface area contributed by atoms with Gasteiger partial charge in [0.2, 0.25) is 0 Å². The summed E-state index contributed by atoms with van der Waals surface area (Å²) in [6, 6.07) is 8.74. The second-order valence-corrected chi connectivity index (χ2v) is 5.03. The largest absolute Gasteiger partial charge is 0.313 e. The van der Waals surface area contributed by atoms with Gasteiger partial charge < -0.3 is 5.32 Å². The summed E-state index contributed by atoms with van der Waals surface area (Å²) in [4.78, 5) is 0. The molecule has 1 unspecified atom stereocenters. The Morgan fingerprint density at radius 3 is 2.31 bits per heavy atom. The lowest BCUT2D eigenvalue weighted by molar-refractivity contribution is 0.391. The summed E-state index contributed by atoms with van der Waals surface area (Å²) in [5.41, 5.74) is 1.34. The van der Waals surface area contributed by atoms with Crippen LogP contribution in [0, 0.1) is 5.92 Å². The predicted octanol–water partition coefficient (Wildman–Crippen LogP) is 3.91. The molecule has 0 fully saturated rings. The number of halogens is 1. The highest BCUT2D eigenvalue weighted by molar-refractivity contribution is 6.30. The van der Waals surface area contributed by atoms with Crippen molar-refractivity contribution in [3.05, 3.63) is 34.9 Å². The van der Waals surface area contributed by atoms with E-state index in [4.69, 9.17) is 11.6 Å². The normalized spacial score (nSPS) is 13.1. The average Bonchev–Trinajstić information content (AvgIpc) is 2.26. The number of hydrogen-bond donors (Lipinski definition) is 1. The van der Waals surface area contributed by atoms with Crippen LogP contribution in [0.4, 0.5) is 0 Å². The zero-order chi connectivity index (χ0) is 12.0. The molecule has 0 spiro atoms. The zero-order valence-electron chi connectivity index (χ0n) is 10.5. The fraction of sp³-hybridized carbons (Fsp3) is 0.571. The summed E-state index contributed by atoms with van der Waals surface area (Å²) in [5, 5.41) is 4.41. The fourth-order valence-corrected chi connectivity index (χ4v) is 2.03. The van der Waals surface area contributed by atoms with Crippen molar-refractivity contribution >= 4 is 11.6 Å². The van der Waals surface area contributed by atoms with Gasteiger partial charge in [0.15, 0.2) is 0 Å². The van der Waals surface area contributed by atoms with E-state index in [2.05, 4.69) is 38.2 Å². The van der Waals surface area contributed by atoms with E-state index in [9.17, 15) is 0 Å². The summed E-state index contributed by atoms with van der Waals surface area (Å²) in [5.74, 6) is 0.704. The third kappa shape index (κ3) is 4.54. The Morgan fingerprint density at radius 2 is 1.81 bits per heavy atom. The lowest BCUT2D eigenvalue weighted by atomic mass is 10.0. The molecule has 1 atom stereocenters. The monoisotopic (exact) mass is 239 g/mol. The van der Waals surface area contributed by atoms with Crippen LogP contribution < -0.4 is 5.32 Å². The van der Waals surface area contributed by atoms with Crippen LogP contribution in [0.3, 0.4) is 0 Å². The van der Waals surface area contributed by atoms with Crippen LogP contribution in [-0.4, -0.2) is 12.6 Å². The van der Waals surface area contributed by atoms with Gasteiger partial charge >= 0.3 is 0 Å². The Balaban J connectivity index is 2.32. The topological polar surface area (TPSA) is 12.0 Å². The van der Waals surface area contributed by atoms with Crippen molar-refractivity contribution in [3.63, 3.8) is 0 Å². The van der Waals surface area contributed by atoms with E-state index < -0.39 is 0 Å². The number of nitrogens with one attached hydrogen (secondary N) is 1. The molecule has 1 aromatic rings. The van der Waals surface area contributed by atoms with E-state index in [-0.39, 0.29) is 0 Å². The van der Waals surface area contributed by atoms with Gasteiger partial charge in [-0.15, -0.1) is 0 Å². The van der Waals surface area contributed by atoms with Crippen molar-refractivity contribution in [2.24, 2.45) is 5.92 Å². The SMILES string of the molecule is CCC(NCCc1ccc(Cl)cc1)C(C)C. The molecule has 0 aliphatic heterocycles. The first kappa shape index (κ1) is 13.5. The Hall–Kier alpha value is -0.530. The van der Waals surface area contributed by atoms with Gasteiger partial charge in [-0.3, -0.25) is 0 Å². The summed E-state index contributed by atoms with van der Waals surface area (Å²) < 4.78 is 0. The quantitative estimate of drug-likeness (QED) is 0.794. The third-order valence-electron chi connectivity index (χ3n) is 2.98. The van der Waals surface area contributed by atoms with Gasteiger partial charge in [-0.25, -0.2) is 0 Å².